The zero-order chi connectivity index (χ0) is 22.0. The predicted molar refractivity (Wildman–Crippen MR) is 118 cm³/mol. The van der Waals surface area contributed by atoms with Gasteiger partial charge >= 0.3 is 0 Å². The minimum Gasteiger partial charge on any atom is -0.393 e. The summed E-state index contributed by atoms with van der Waals surface area (Å²) in [4.78, 5) is 11.7. The first-order valence-electron chi connectivity index (χ1n) is 10.6. The van der Waals surface area contributed by atoms with Gasteiger partial charge < -0.3 is 20.7 Å². The molecular weight excluding hydrogens is 395 g/mol. The monoisotopic (exact) mass is 422 g/mol. The molecule has 1 aromatic carbocycles. The number of para-hydroxylation sites is 1. The highest BCUT2D eigenvalue weighted by molar-refractivity contribution is 5.83. The van der Waals surface area contributed by atoms with E-state index in [9.17, 15) is 14.8 Å². The van der Waals surface area contributed by atoms with Gasteiger partial charge in [0, 0.05) is 24.2 Å². The third-order valence-corrected chi connectivity index (χ3v) is 6.14. The largest absolute Gasteiger partial charge is 0.393 e. The number of aromatic amines is 1. The van der Waals surface area contributed by atoms with Crippen molar-refractivity contribution in [3.63, 3.8) is 0 Å². The first kappa shape index (κ1) is 21.1. The van der Waals surface area contributed by atoms with Crippen LogP contribution in [0.25, 0.3) is 10.9 Å². The fourth-order valence-electron chi connectivity index (χ4n) is 4.29. The van der Waals surface area contributed by atoms with Crippen LogP contribution in [0.15, 0.2) is 30.6 Å². The van der Waals surface area contributed by atoms with Gasteiger partial charge in [0.25, 0.3) is 0 Å². The van der Waals surface area contributed by atoms with Crippen molar-refractivity contribution in [3.05, 3.63) is 47.5 Å². The van der Waals surface area contributed by atoms with Crippen molar-refractivity contribution in [1.29, 1.82) is 5.26 Å². The van der Waals surface area contributed by atoms with Gasteiger partial charge in [0.1, 0.15) is 23.3 Å². The van der Waals surface area contributed by atoms with Crippen molar-refractivity contribution < 1.29 is 9.50 Å². The molecule has 7 nitrogen and oxygen atoms in total. The number of halogens is 1. The van der Waals surface area contributed by atoms with E-state index in [0.29, 0.717) is 42.2 Å². The molecule has 0 aliphatic heterocycles. The molecule has 1 aliphatic rings. The number of fused-ring (bicyclic) bond motifs is 1. The SMILES string of the molecule is CC1(C)C[C@H](Nc2nc(NCCc3c[nH]c4c(F)cccc34)ncc2C#N)CC[C@@H]1O. The second-order valence-corrected chi connectivity index (χ2v) is 8.85. The molecule has 2 atom stereocenters. The number of nitrogens with one attached hydrogen (secondary N) is 3. The smallest absolute Gasteiger partial charge is 0.224 e. The summed E-state index contributed by atoms with van der Waals surface area (Å²) in [5, 5.41) is 27.1. The Labute approximate surface area is 180 Å². The van der Waals surface area contributed by atoms with Gasteiger partial charge in [0.05, 0.1) is 17.8 Å². The number of anilines is 2. The number of hydrogen-bond acceptors (Lipinski definition) is 6. The van der Waals surface area contributed by atoms with Crippen LogP contribution in [0, 0.1) is 22.6 Å². The third kappa shape index (κ3) is 4.47. The van der Waals surface area contributed by atoms with E-state index in [2.05, 4.69) is 45.5 Å². The molecule has 31 heavy (non-hydrogen) atoms. The summed E-state index contributed by atoms with van der Waals surface area (Å²) in [6, 6.07) is 7.31. The number of aliphatic hydroxyl groups is 1. The van der Waals surface area contributed by atoms with E-state index < -0.39 is 0 Å². The number of benzene rings is 1. The first-order chi connectivity index (χ1) is 14.9. The zero-order valence-corrected chi connectivity index (χ0v) is 17.7. The van der Waals surface area contributed by atoms with Crippen molar-refractivity contribution in [2.45, 2.75) is 51.7 Å². The van der Waals surface area contributed by atoms with Crippen molar-refractivity contribution >= 4 is 22.7 Å². The van der Waals surface area contributed by atoms with Crippen molar-refractivity contribution in [1.82, 2.24) is 15.0 Å². The second kappa shape index (κ2) is 8.52. The fourth-order valence-corrected chi connectivity index (χ4v) is 4.29. The van der Waals surface area contributed by atoms with Gasteiger partial charge in [-0.05, 0) is 42.7 Å². The number of nitrogens with zero attached hydrogens (tertiary/aromatic N) is 3. The van der Waals surface area contributed by atoms with Crippen molar-refractivity contribution in [2.24, 2.45) is 5.41 Å². The fraction of sp³-hybridized carbons (Fsp3) is 0.435. The summed E-state index contributed by atoms with van der Waals surface area (Å²) >= 11 is 0. The van der Waals surface area contributed by atoms with E-state index in [4.69, 9.17) is 0 Å². The van der Waals surface area contributed by atoms with Gasteiger partial charge in [0.2, 0.25) is 5.95 Å². The maximum atomic E-state index is 13.9. The van der Waals surface area contributed by atoms with Gasteiger partial charge in [-0.3, -0.25) is 0 Å². The van der Waals surface area contributed by atoms with Crippen molar-refractivity contribution in [3.8, 4) is 6.07 Å². The number of hydrogen-bond donors (Lipinski definition) is 4. The minimum atomic E-state index is -0.318. The average Bonchev–Trinajstić information content (AvgIpc) is 3.15. The lowest BCUT2D eigenvalue weighted by Gasteiger charge is -2.40. The van der Waals surface area contributed by atoms with Crippen LogP contribution in [0.1, 0.15) is 44.2 Å². The summed E-state index contributed by atoms with van der Waals surface area (Å²) in [6.45, 7) is 4.68. The molecule has 0 bridgehead atoms. The van der Waals surface area contributed by atoms with Crippen LogP contribution < -0.4 is 10.6 Å². The Morgan fingerprint density at radius 1 is 1.35 bits per heavy atom. The number of rotatable bonds is 6. The average molecular weight is 423 g/mol. The number of H-pyrrole nitrogens is 1. The van der Waals surface area contributed by atoms with Crippen LogP contribution in [0.5, 0.6) is 0 Å². The molecule has 0 spiro atoms. The predicted octanol–water partition coefficient (Wildman–Crippen LogP) is 3.97. The topological polar surface area (TPSA) is 110 Å². The second-order valence-electron chi connectivity index (χ2n) is 8.85. The summed E-state index contributed by atoms with van der Waals surface area (Å²) in [5.74, 6) is 0.676. The normalized spacial score (nSPS) is 20.4. The standard InChI is InChI=1S/C23H27FN6O/c1-23(2)10-16(6-7-19(23)31)29-21-15(11-25)13-28-22(30-21)26-9-8-14-12-27-20-17(14)4-3-5-18(20)24/h3-5,12-13,16,19,27,31H,6-10H2,1-2H3,(H2,26,28,29,30)/t16-,19+/m1/s1. The van der Waals surface area contributed by atoms with Crippen molar-refractivity contribution in [2.75, 3.05) is 17.2 Å². The Bertz CT molecular complexity index is 1120. The Morgan fingerprint density at radius 3 is 2.97 bits per heavy atom. The lowest BCUT2D eigenvalue weighted by molar-refractivity contribution is 0.00926. The van der Waals surface area contributed by atoms with Crippen LogP contribution in [0.4, 0.5) is 16.2 Å². The van der Waals surface area contributed by atoms with E-state index in [-0.39, 0.29) is 23.4 Å². The molecule has 3 aromatic rings. The van der Waals surface area contributed by atoms with E-state index in [1.807, 2.05) is 12.3 Å². The Kier molecular flexibility index (Phi) is 5.79. The molecule has 0 amide bonds. The molecule has 162 valence electrons. The molecule has 1 aliphatic carbocycles. The molecule has 4 rings (SSSR count). The summed E-state index contributed by atoms with van der Waals surface area (Å²) < 4.78 is 13.9. The van der Waals surface area contributed by atoms with Gasteiger partial charge in [0.15, 0.2) is 0 Å². The van der Waals surface area contributed by atoms with Crippen LogP contribution in [-0.4, -0.2) is 38.7 Å². The van der Waals surface area contributed by atoms with Gasteiger partial charge in [-0.2, -0.15) is 10.2 Å². The lowest BCUT2D eigenvalue weighted by atomic mass is 9.73. The summed E-state index contributed by atoms with van der Waals surface area (Å²) in [5.41, 5.74) is 1.73. The molecule has 4 N–H and O–H groups in total. The Hall–Kier alpha value is -3.18. The highest BCUT2D eigenvalue weighted by Gasteiger charge is 2.35. The van der Waals surface area contributed by atoms with E-state index in [1.165, 1.54) is 12.3 Å². The molecule has 0 unspecified atom stereocenters. The number of aromatic nitrogens is 3. The maximum absolute atomic E-state index is 13.9. The third-order valence-electron chi connectivity index (χ3n) is 6.14. The summed E-state index contributed by atoms with van der Waals surface area (Å²) in [6.07, 6.45) is 6.02. The molecule has 0 saturated heterocycles. The van der Waals surface area contributed by atoms with Gasteiger partial charge in [-0.1, -0.05) is 26.0 Å². The van der Waals surface area contributed by atoms with Gasteiger partial charge in [-0.15, -0.1) is 0 Å². The zero-order valence-electron chi connectivity index (χ0n) is 17.7. The molecule has 8 heteroatoms. The number of nitriles is 1. The maximum Gasteiger partial charge on any atom is 0.224 e. The first-order valence-corrected chi connectivity index (χ1v) is 10.6. The Morgan fingerprint density at radius 2 is 2.19 bits per heavy atom. The van der Waals surface area contributed by atoms with Gasteiger partial charge in [-0.25, -0.2) is 9.37 Å². The molecular formula is C23H27FN6O. The molecule has 1 saturated carbocycles. The lowest BCUT2D eigenvalue weighted by Crippen LogP contribution is -2.41. The number of aliphatic hydroxyl groups excluding tert-OH is 1. The molecule has 1 fully saturated rings. The quantitative estimate of drug-likeness (QED) is 0.478. The highest BCUT2D eigenvalue weighted by Crippen LogP contribution is 2.37. The molecule has 2 heterocycles. The van der Waals surface area contributed by atoms with E-state index >= 15 is 0 Å². The highest BCUT2D eigenvalue weighted by atomic mass is 19.1. The van der Waals surface area contributed by atoms with E-state index in [1.54, 1.807) is 6.07 Å². The van der Waals surface area contributed by atoms with Crippen LogP contribution in [-0.2, 0) is 6.42 Å². The van der Waals surface area contributed by atoms with Crippen LogP contribution in [0.2, 0.25) is 0 Å². The Balaban J connectivity index is 1.42. The summed E-state index contributed by atoms with van der Waals surface area (Å²) in [7, 11) is 0. The van der Waals surface area contributed by atoms with Crippen LogP contribution in [0.3, 0.4) is 0 Å². The molecule has 0 radical (unpaired) electrons. The van der Waals surface area contributed by atoms with Crippen LogP contribution >= 0.6 is 0 Å². The van der Waals surface area contributed by atoms with E-state index in [0.717, 1.165) is 23.8 Å². The molecule has 2 aromatic heterocycles. The minimum absolute atomic E-state index is 0.134.